The monoisotopic (exact) mass is 263 g/mol. The van der Waals surface area contributed by atoms with Crippen molar-refractivity contribution in [3.63, 3.8) is 0 Å². The van der Waals surface area contributed by atoms with Crippen LogP contribution in [-0.4, -0.2) is 36.2 Å². The number of aromatic nitrogens is 1. The molecule has 0 bridgehead atoms. The average Bonchev–Trinajstić information content (AvgIpc) is 2.25. The number of hydrogen-bond acceptors (Lipinski definition) is 4. The highest BCUT2D eigenvalue weighted by molar-refractivity contribution is 5.99. The summed E-state index contributed by atoms with van der Waals surface area (Å²) in [6.45, 7) is 9.31. The molecule has 1 aromatic rings. The second kappa shape index (κ2) is 5.17. The summed E-state index contributed by atoms with van der Waals surface area (Å²) in [5.41, 5.74) is 7.79. The van der Waals surface area contributed by atoms with Gasteiger partial charge in [0.2, 0.25) is 0 Å². The molecule has 1 aliphatic heterocycles. The standard InChI is InChI=1S/C14H21N3O2/c1-8-5-9(2)16-14(12(8)13(15)18)17-6-10(3)19-11(4)7-17/h5,10-11H,6-7H2,1-4H3,(H2,15,18). The number of rotatable bonds is 2. The molecule has 1 aliphatic rings. The van der Waals surface area contributed by atoms with Gasteiger partial charge in [0, 0.05) is 18.8 Å². The van der Waals surface area contributed by atoms with Gasteiger partial charge in [0.05, 0.1) is 17.8 Å². The number of primary amides is 1. The quantitative estimate of drug-likeness (QED) is 0.876. The van der Waals surface area contributed by atoms with Crippen molar-refractivity contribution in [1.29, 1.82) is 0 Å². The molecule has 5 nitrogen and oxygen atoms in total. The number of hydrogen-bond donors (Lipinski definition) is 1. The van der Waals surface area contributed by atoms with Crippen LogP contribution in [0, 0.1) is 13.8 Å². The van der Waals surface area contributed by atoms with Crippen LogP contribution in [0.15, 0.2) is 6.07 Å². The Balaban J connectivity index is 2.45. The van der Waals surface area contributed by atoms with Gasteiger partial charge in [0.1, 0.15) is 5.82 Å². The van der Waals surface area contributed by atoms with Crippen molar-refractivity contribution in [2.75, 3.05) is 18.0 Å². The number of nitrogens with zero attached hydrogens (tertiary/aromatic N) is 2. The van der Waals surface area contributed by atoms with Gasteiger partial charge in [-0.3, -0.25) is 4.79 Å². The Morgan fingerprint density at radius 1 is 1.37 bits per heavy atom. The first-order valence-electron chi connectivity index (χ1n) is 6.57. The average molecular weight is 263 g/mol. The van der Waals surface area contributed by atoms with Gasteiger partial charge < -0.3 is 15.4 Å². The minimum atomic E-state index is -0.424. The summed E-state index contributed by atoms with van der Waals surface area (Å²) < 4.78 is 5.71. The van der Waals surface area contributed by atoms with Crippen molar-refractivity contribution >= 4 is 11.7 Å². The number of amides is 1. The van der Waals surface area contributed by atoms with Crippen LogP contribution in [0.4, 0.5) is 5.82 Å². The Kier molecular flexibility index (Phi) is 3.75. The minimum absolute atomic E-state index is 0.118. The lowest BCUT2D eigenvalue weighted by Crippen LogP contribution is -2.46. The first-order valence-corrected chi connectivity index (χ1v) is 6.57. The van der Waals surface area contributed by atoms with Gasteiger partial charge in [0.15, 0.2) is 0 Å². The molecule has 0 radical (unpaired) electrons. The summed E-state index contributed by atoms with van der Waals surface area (Å²) in [4.78, 5) is 18.3. The molecule has 2 rings (SSSR count). The largest absolute Gasteiger partial charge is 0.372 e. The molecule has 1 saturated heterocycles. The van der Waals surface area contributed by atoms with E-state index in [1.807, 2.05) is 33.8 Å². The predicted octanol–water partition coefficient (Wildman–Crippen LogP) is 1.41. The normalized spacial score (nSPS) is 23.5. The third kappa shape index (κ3) is 2.87. The van der Waals surface area contributed by atoms with Gasteiger partial charge in [-0.1, -0.05) is 0 Å². The second-order valence-corrected chi connectivity index (χ2v) is 5.31. The SMILES string of the molecule is Cc1cc(C)c(C(N)=O)c(N2CC(C)OC(C)C2)n1. The number of aryl methyl sites for hydroxylation is 2. The summed E-state index contributed by atoms with van der Waals surface area (Å²) in [6, 6.07) is 1.89. The van der Waals surface area contributed by atoms with E-state index < -0.39 is 5.91 Å². The fourth-order valence-electron chi connectivity index (χ4n) is 2.70. The van der Waals surface area contributed by atoms with Crippen LogP contribution in [0.2, 0.25) is 0 Å². The predicted molar refractivity (Wildman–Crippen MR) is 74.5 cm³/mol. The van der Waals surface area contributed by atoms with E-state index in [9.17, 15) is 4.79 Å². The Morgan fingerprint density at radius 2 is 1.95 bits per heavy atom. The number of morpholine rings is 1. The fraction of sp³-hybridized carbons (Fsp3) is 0.571. The van der Waals surface area contributed by atoms with Crippen molar-refractivity contribution in [1.82, 2.24) is 4.98 Å². The van der Waals surface area contributed by atoms with Crippen molar-refractivity contribution in [3.8, 4) is 0 Å². The molecular weight excluding hydrogens is 242 g/mol. The first-order chi connectivity index (χ1) is 8.88. The second-order valence-electron chi connectivity index (χ2n) is 5.31. The smallest absolute Gasteiger partial charge is 0.252 e. The van der Waals surface area contributed by atoms with Crippen molar-refractivity contribution < 1.29 is 9.53 Å². The lowest BCUT2D eigenvalue weighted by atomic mass is 10.1. The fourth-order valence-corrected chi connectivity index (χ4v) is 2.70. The Bertz CT molecular complexity index is 492. The number of carbonyl (C=O) groups is 1. The van der Waals surface area contributed by atoms with Crippen LogP contribution in [0.5, 0.6) is 0 Å². The highest BCUT2D eigenvalue weighted by atomic mass is 16.5. The van der Waals surface area contributed by atoms with E-state index in [-0.39, 0.29) is 12.2 Å². The summed E-state index contributed by atoms with van der Waals surface area (Å²) in [5, 5.41) is 0. The van der Waals surface area contributed by atoms with Crippen LogP contribution < -0.4 is 10.6 Å². The van der Waals surface area contributed by atoms with Gasteiger partial charge in [-0.2, -0.15) is 0 Å². The maximum absolute atomic E-state index is 11.7. The molecule has 1 amide bonds. The first kappa shape index (κ1) is 13.8. The number of pyridine rings is 1. The van der Waals surface area contributed by atoms with E-state index in [4.69, 9.17) is 10.5 Å². The van der Waals surface area contributed by atoms with Gasteiger partial charge in [-0.15, -0.1) is 0 Å². The molecule has 0 saturated carbocycles. The maximum atomic E-state index is 11.7. The lowest BCUT2D eigenvalue weighted by Gasteiger charge is -2.37. The summed E-state index contributed by atoms with van der Waals surface area (Å²) in [6.07, 6.45) is 0.235. The summed E-state index contributed by atoms with van der Waals surface area (Å²) >= 11 is 0. The van der Waals surface area contributed by atoms with Gasteiger partial charge >= 0.3 is 0 Å². The Labute approximate surface area is 113 Å². The van der Waals surface area contributed by atoms with Crippen LogP contribution in [0.25, 0.3) is 0 Å². The third-order valence-electron chi connectivity index (χ3n) is 3.29. The molecule has 0 spiro atoms. The zero-order chi connectivity index (χ0) is 14.2. The van der Waals surface area contributed by atoms with Gasteiger partial charge in [-0.25, -0.2) is 4.98 Å². The topological polar surface area (TPSA) is 68.5 Å². The summed E-state index contributed by atoms with van der Waals surface area (Å²) in [5.74, 6) is 0.263. The zero-order valence-corrected chi connectivity index (χ0v) is 11.9. The molecule has 5 heteroatoms. The van der Waals surface area contributed by atoms with Crippen LogP contribution in [0.3, 0.4) is 0 Å². The molecule has 104 valence electrons. The van der Waals surface area contributed by atoms with E-state index in [1.165, 1.54) is 0 Å². The molecule has 2 N–H and O–H groups in total. The van der Waals surface area contributed by atoms with Crippen molar-refractivity contribution in [2.45, 2.75) is 39.9 Å². The number of carbonyl (C=O) groups excluding carboxylic acids is 1. The molecule has 2 heterocycles. The number of anilines is 1. The van der Waals surface area contributed by atoms with Gasteiger partial charge in [-0.05, 0) is 39.3 Å². The highest BCUT2D eigenvalue weighted by Crippen LogP contribution is 2.25. The number of nitrogens with two attached hydrogens (primary N) is 1. The van der Waals surface area contributed by atoms with E-state index in [2.05, 4.69) is 9.88 Å². The lowest BCUT2D eigenvalue weighted by molar-refractivity contribution is -0.00552. The Hall–Kier alpha value is -1.62. The van der Waals surface area contributed by atoms with Gasteiger partial charge in [0.25, 0.3) is 5.91 Å². The van der Waals surface area contributed by atoms with Crippen molar-refractivity contribution in [3.05, 3.63) is 22.9 Å². The molecule has 2 atom stereocenters. The third-order valence-corrected chi connectivity index (χ3v) is 3.29. The van der Waals surface area contributed by atoms with E-state index in [1.54, 1.807) is 0 Å². The Morgan fingerprint density at radius 3 is 2.47 bits per heavy atom. The van der Waals surface area contributed by atoms with Crippen molar-refractivity contribution in [2.24, 2.45) is 5.73 Å². The van der Waals surface area contributed by atoms with E-state index >= 15 is 0 Å². The zero-order valence-electron chi connectivity index (χ0n) is 11.9. The minimum Gasteiger partial charge on any atom is -0.372 e. The van der Waals surface area contributed by atoms with E-state index in [0.29, 0.717) is 11.4 Å². The van der Waals surface area contributed by atoms with Crippen LogP contribution >= 0.6 is 0 Å². The molecule has 1 fully saturated rings. The molecule has 19 heavy (non-hydrogen) atoms. The maximum Gasteiger partial charge on any atom is 0.252 e. The highest BCUT2D eigenvalue weighted by Gasteiger charge is 2.27. The number of ether oxygens (including phenoxy) is 1. The molecule has 0 aliphatic carbocycles. The molecule has 0 aromatic carbocycles. The van der Waals surface area contributed by atoms with Crippen LogP contribution in [-0.2, 0) is 4.74 Å². The molecule has 2 unspecified atom stereocenters. The summed E-state index contributed by atoms with van der Waals surface area (Å²) in [7, 11) is 0. The molecular formula is C14H21N3O2. The van der Waals surface area contributed by atoms with E-state index in [0.717, 1.165) is 24.3 Å². The molecule has 1 aromatic heterocycles. The van der Waals surface area contributed by atoms with Crippen LogP contribution in [0.1, 0.15) is 35.5 Å².